The van der Waals surface area contributed by atoms with Crippen LogP contribution in [0.5, 0.6) is 0 Å². The van der Waals surface area contributed by atoms with Crippen molar-refractivity contribution < 1.29 is 19.1 Å². The maximum Gasteiger partial charge on any atom is 0.339 e. The van der Waals surface area contributed by atoms with Crippen LogP contribution in [0.25, 0.3) is 0 Å². The lowest BCUT2D eigenvalue weighted by molar-refractivity contribution is -0.101. The highest BCUT2D eigenvalue weighted by atomic mass is 16.5. The zero-order valence-corrected chi connectivity index (χ0v) is 13.4. The monoisotopic (exact) mass is 314 g/mol. The first-order valence-corrected chi connectivity index (χ1v) is 8.54. The second kappa shape index (κ2) is 5.66. The zero-order valence-electron chi connectivity index (χ0n) is 13.4. The van der Waals surface area contributed by atoms with Crippen molar-refractivity contribution in [2.24, 2.45) is 23.7 Å². The molecule has 0 aliphatic heterocycles. The molecule has 4 fully saturated rings. The van der Waals surface area contributed by atoms with Gasteiger partial charge in [0.1, 0.15) is 6.10 Å². The molecular formula is C19H22O4. The minimum atomic E-state index is -0.498. The van der Waals surface area contributed by atoms with Crippen LogP contribution in [0, 0.1) is 23.7 Å². The summed E-state index contributed by atoms with van der Waals surface area (Å²) in [5.74, 6) is 1.83. The highest BCUT2D eigenvalue weighted by Crippen LogP contribution is 2.54. The van der Waals surface area contributed by atoms with E-state index in [1.54, 1.807) is 24.3 Å². The first kappa shape index (κ1) is 14.7. The second-order valence-corrected chi connectivity index (χ2v) is 7.34. The molecule has 0 spiro atoms. The van der Waals surface area contributed by atoms with Gasteiger partial charge in [-0.25, -0.2) is 9.59 Å². The van der Waals surface area contributed by atoms with Crippen molar-refractivity contribution in [3.63, 3.8) is 0 Å². The first-order chi connectivity index (χ1) is 11.2. The number of esters is 2. The SMILES string of the molecule is COC(=O)c1ccccc1C(=O)OC1C2CC3CC(C2)CC1C3. The molecule has 0 radical (unpaired) electrons. The van der Waals surface area contributed by atoms with E-state index in [-0.39, 0.29) is 17.6 Å². The van der Waals surface area contributed by atoms with Crippen molar-refractivity contribution >= 4 is 11.9 Å². The third kappa shape index (κ3) is 2.54. The Balaban J connectivity index is 1.54. The van der Waals surface area contributed by atoms with Crippen LogP contribution in [0.3, 0.4) is 0 Å². The third-order valence-corrected chi connectivity index (χ3v) is 5.94. The largest absolute Gasteiger partial charge is 0.465 e. The van der Waals surface area contributed by atoms with E-state index in [2.05, 4.69) is 0 Å². The first-order valence-electron chi connectivity index (χ1n) is 8.54. The molecule has 0 N–H and O–H groups in total. The predicted octanol–water partition coefficient (Wildman–Crippen LogP) is 3.45. The van der Waals surface area contributed by atoms with Gasteiger partial charge in [-0.1, -0.05) is 12.1 Å². The fraction of sp³-hybridized carbons (Fsp3) is 0.579. The van der Waals surface area contributed by atoms with Crippen LogP contribution in [0.4, 0.5) is 0 Å². The Morgan fingerprint density at radius 3 is 1.91 bits per heavy atom. The lowest BCUT2D eigenvalue weighted by Crippen LogP contribution is -2.50. The second-order valence-electron chi connectivity index (χ2n) is 7.34. The van der Waals surface area contributed by atoms with Gasteiger partial charge < -0.3 is 9.47 Å². The van der Waals surface area contributed by atoms with Crippen molar-refractivity contribution in [2.45, 2.75) is 38.2 Å². The van der Waals surface area contributed by atoms with E-state index in [9.17, 15) is 9.59 Å². The number of hydrogen-bond acceptors (Lipinski definition) is 4. The van der Waals surface area contributed by atoms with E-state index in [1.165, 1.54) is 39.2 Å². The summed E-state index contributed by atoms with van der Waals surface area (Å²) in [6, 6.07) is 6.73. The Bertz CT molecular complexity index is 608. The summed E-state index contributed by atoms with van der Waals surface area (Å²) in [5.41, 5.74) is 0.594. The average molecular weight is 314 g/mol. The third-order valence-electron chi connectivity index (χ3n) is 5.94. The van der Waals surface area contributed by atoms with Gasteiger partial charge in [0, 0.05) is 0 Å². The molecule has 4 bridgehead atoms. The summed E-state index contributed by atoms with van der Waals surface area (Å²) in [7, 11) is 1.32. The molecular weight excluding hydrogens is 292 g/mol. The maximum atomic E-state index is 12.6. The molecule has 0 atom stereocenters. The van der Waals surface area contributed by atoms with E-state index in [4.69, 9.17) is 9.47 Å². The summed E-state index contributed by atoms with van der Waals surface area (Å²) < 4.78 is 10.7. The minimum absolute atomic E-state index is 0.0287. The van der Waals surface area contributed by atoms with E-state index in [1.807, 2.05) is 0 Å². The quantitative estimate of drug-likeness (QED) is 0.802. The molecule has 0 saturated heterocycles. The van der Waals surface area contributed by atoms with E-state index < -0.39 is 5.97 Å². The number of ether oxygens (including phenoxy) is 2. The van der Waals surface area contributed by atoms with E-state index >= 15 is 0 Å². The molecule has 4 nitrogen and oxygen atoms in total. The van der Waals surface area contributed by atoms with E-state index in [0.717, 1.165) is 11.8 Å². The van der Waals surface area contributed by atoms with Gasteiger partial charge in [0.25, 0.3) is 0 Å². The molecule has 23 heavy (non-hydrogen) atoms. The molecule has 1 aromatic rings. The lowest BCUT2D eigenvalue weighted by atomic mass is 9.55. The van der Waals surface area contributed by atoms with Gasteiger partial charge in [-0.2, -0.15) is 0 Å². The van der Waals surface area contributed by atoms with Gasteiger partial charge in [-0.3, -0.25) is 0 Å². The van der Waals surface area contributed by atoms with Gasteiger partial charge >= 0.3 is 11.9 Å². The van der Waals surface area contributed by atoms with Crippen molar-refractivity contribution in [3.05, 3.63) is 35.4 Å². The standard InChI is InChI=1S/C19H22O4/c1-22-18(20)15-4-2-3-5-16(15)19(21)23-17-13-7-11-6-12(9-13)10-14(17)8-11/h2-5,11-14,17H,6-10H2,1H3. The highest BCUT2D eigenvalue weighted by molar-refractivity contribution is 6.03. The van der Waals surface area contributed by atoms with Crippen LogP contribution < -0.4 is 0 Å². The zero-order chi connectivity index (χ0) is 16.0. The van der Waals surface area contributed by atoms with Crippen molar-refractivity contribution in [3.8, 4) is 0 Å². The predicted molar refractivity (Wildman–Crippen MR) is 84.0 cm³/mol. The van der Waals surface area contributed by atoms with Crippen LogP contribution in [-0.2, 0) is 9.47 Å². The van der Waals surface area contributed by atoms with Gasteiger partial charge in [-0.05, 0) is 67.9 Å². The average Bonchev–Trinajstić information content (AvgIpc) is 2.56. The molecule has 0 heterocycles. The molecule has 4 aliphatic carbocycles. The number of carbonyl (C=O) groups excluding carboxylic acids is 2. The Labute approximate surface area is 136 Å². The Morgan fingerprint density at radius 2 is 1.39 bits per heavy atom. The van der Waals surface area contributed by atoms with Crippen LogP contribution >= 0.6 is 0 Å². The van der Waals surface area contributed by atoms with Crippen molar-refractivity contribution in [2.75, 3.05) is 7.11 Å². The smallest absolute Gasteiger partial charge is 0.339 e. The number of benzene rings is 1. The molecule has 4 aliphatic rings. The molecule has 4 heteroatoms. The normalized spacial score (nSPS) is 34.2. The van der Waals surface area contributed by atoms with Crippen molar-refractivity contribution in [1.82, 2.24) is 0 Å². The number of carbonyl (C=O) groups is 2. The van der Waals surface area contributed by atoms with Gasteiger partial charge in [-0.15, -0.1) is 0 Å². The van der Waals surface area contributed by atoms with Crippen molar-refractivity contribution in [1.29, 1.82) is 0 Å². The maximum absolute atomic E-state index is 12.6. The summed E-state index contributed by atoms with van der Waals surface area (Å²) in [6.07, 6.45) is 6.19. The Kier molecular flexibility index (Phi) is 3.63. The number of hydrogen-bond donors (Lipinski definition) is 0. The van der Waals surface area contributed by atoms with Crippen LogP contribution in [-0.4, -0.2) is 25.2 Å². The van der Waals surface area contributed by atoms with Gasteiger partial charge in [0.15, 0.2) is 0 Å². The van der Waals surface area contributed by atoms with E-state index in [0.29, 0.717) is 17.4 Å². The number of methoxy groups -OCH3 is 1. The van der Waals surface area contributed by atoms with Crippen LogP contribution in [0.15, 0.2) is 24.3 Å². The van der Waals surface area contributed by atoms with Gasteiger partial charge in [0.2, 0.25) is 0 Å². The molecule has 5 rings (SSSR count). The van der Waals surface area contributed by atoms with Gasteiger partial charge in [0.05, 0.1) is 18.2 Å². The molecule has 0 unspecified atom stereocenters. The highest BCUT2D eigenvalue weighted by Gasteiger charge is 2.50. The van der Waals surface area contributed by atoms with Crippen LogP contribution in [0.2, 0.25) is 0 Å². The Morgan fingerprint density at radius 1 is 0.870 bits per heavy atom. The molecule has 0 amide bonds. The van der Waals surface area contributed by atoms with Crippen LogP contribution in [0.1, 0.15) is 52.8 Å². The minimum Gasteiger partial charge on any atom is -0.465 e. The number of rotatable bonds is 3. The molecule has 122 valence electrons. The fourth-order valence-electron chi connectivity index (χ4n) is 5.20. The molecule has 0 aromatic heterocycles. The lowest BCUT2D eigenvalue weighted by Gasteiger charge is -2.53. The fourth-order valence-corrected chi connectivity index (χ4v) is 5.20. The summed E-state index contributed by atoms with van der Waals surface area (Å²) in [4.78, 5) is 24.5. The summed E-state index contributed by atoms with van der Waals surface area (Å²) >= 11 is 0. The Hall–Kier alpha value is -1.84. The molecule has 4 saturated carbocycles. The molecule has 1 aromatic carbocycles. The topological polar surface area (TPSA) is 52.6 Å². The summed E-state index contributed by atoms with van der Waals surface area (Å²) in [6.45, 7) is 0. The summed E-state index contributed by atoms with van der Waals surface area (Å²) in [5, 5.41) is 0.